The zero-order chi connectivity index (χ0) is 27.6. The second-order valence-corrected chi connectivity index (χ2v) is 14.6. The highest BCUT2D eigenvalue weighted by Gasteiger charge is 2.67. The first kappa shape index (κ1) is 28.8. The number of fused-ring (bicyclic) bond motifs is 3. The Hall–Kier alpha value is -0.320. The lowest BCUT2D eigenvalue weighted by Crippen LogP contribution is -2.73. The molecule has 0 radical (unpaired) electrons. The van der Waals surface area contributed by atoms with Gasteiger partial charge in [0.15, 0.2) is 0 Å². The molecule has 0 spiro atoms. The van der Waals surface area contributed by atoms with Crippen molar-refractivity contribution in [3.63, 3.8) is 0 Å². The van der Waals surface area contributed by atoms with Gasteiger partial charge in [-0.1, -0.05) is 32.1 Å². The molecular formula is C31H52O8. The zero-order valence-electron chi connectivity index (χ0n) is 23.5. The Bertz CT molecular complexity index is 842. The summed E-state index contributed by atoms with van der Waals surface area (Å²) >= 11 is 0. The van der Waals surface area contributed by atoms with Crippen molar-refractivity contribution in [2.45, 2.75) is 120 Å². The lowest BCUT2D eigenvalue weighted by molar-refractivity contribution is -0.296. The molecule has 39 heavy (non-hydrogen) atoms. The number of hydrogen-bond acceptors (Lipinski definition) is 8. The largest absolute Gasteiger partial charge is 0.393 e. The molecule has 6 aliphatic rings. The minimum atomic E-state index is -1.92. The average Bonchev–Trinajstić information content (AvgIpc) is 3.43. The molecule has 8 nitrogen and oxygen atoms in total. The van der Waals surface area contributed by atoms with Gasteiger partial charge in [-0.15, -0.1) is 0 Å². The Kier molecular flexibility index (Phi) is 8.17. The van der Waals surface area contributed by atoms with Gasteiger partial charge >= 0.3 is 0 Å². The van der Waals surface area contributed by atoms with Gasteiger partial charge in [-0.2, -0.15) is 0 Å². The minimum absolute atomic E-state index is 0.0557. The predicted octanol–water partition coefficient (Wildman–Crippen LogP) is 1.45. The Balaban J connectivity index is 1.30. The van der Waals surface area contributed by atoms with E-state index in [4.69, 9.17) is 4.74 Å². The standard InChI is InChI=1S/C31H52O8/c1-15(32)24-23(33)13-20-10-19-12-21-18(9-16-5-3-2-4-6-16)11-22(17-7-8-39-14-17)27(34)26(21)28(35)25(19)30(37)31(20,38)29(24)36/h15-30,32-38H,2-14H2,1H3. The summed E-state index contributed by atoms with van der Waals surface area (Å²) in [4.78, 5) is 0. The lowest BCUT2D eigenvalue weighted by atomic mass is 9.46. The number of rotatable bonds is 4. The molecule has 5 aliphatic carbocycles. The topological polar surface area (TPSA) is 151 Å². The summed E-state index contributed by atoms with van der Waals surface area (Å²) in [5.41, 5.74) is -1.92. The van der Waals surface area contributed by atoms with E-state index in [1.54, 1.807) is 0 Å². The number of ether oxygens (including phenoxy) is 1. The summed E-state index contributed by atoms with van der Waals surface area (Å²) in [5.74, 6) is -1.03. The molecule has 0 amide bonds. The van der Waals surface area contributed by atoms with Crippen LogP contribution in [0.2, 0.25) is 0 Å². The summed E-state index contributed by atoms with van der Waals surface area (Å²) in [6, 6.07) is 0. The molecular weight excluding hydrogens is 500 g/mol. The van der Waals surface area contributed by atoms with Gasteiger partial charge in [-0.3, -0.25) is 0 Å². The maximum atomic E-state index is 12.0. The van der Waals surface area contributed by atoms with E-state index in [0.29, 0.717) is 31.5 Å². The molecule has 1 saturated heterocycles. The third-order valence-corrected chi connectivity index (χ3v) is 12.8. The first-order chi connectivity index (χ1) is 18.6. The van der Waals surface area contributed by atoms with Gasteiger partial charge in [0.25, 0.3) is 0 Å². The lowest BCUT2D eigenvalue weighted by Gasteiger charge is -2.63. The van der Waals surface area contributed by atoms with Crippen LogP contribution in [-0.2, 0) is 4.74 Å². The fraction of sp³-hybridized carbons (Fsp3) is 1.00. The average molecular weight is 553 g/mol. The van der Waals surface area contributed by atoms with Gasteiger partial charge in [0.05, 0.1) is 36.6 Å². The molecule has 1 aliphatic heterocycles. The van der Waals surface area contributed by atoms with Gasteiger partial charge < -0.3 is 40.5 Å². The minimum Gasteiger partial charge on any atom is -0.393 e. The molecule has 0 aromatic rings. The van der Waals surface area contributed by atoms with Crippen LogP contribution < -0.4 is 0 Å². The Morgan fingerprint density at radius 2 is 1.54 bits per heavy atom. The van der Waals surface area contributed by atoms with E-state index in [0.717, 1.165) is 25.7 Å². The highest BCUT2D eigenvalue weighted by atomic mass is 16.5. The molecule has 0 aromatic heterocycles. The van der Waals surface area contributed by atoms with Gasteiger partial charge in [0.2, 0.25) is 0 Å². The normalized spacial score (nSPS) is 55.4. The number of aliphatic hydroxyl groups is 7. The fourth-order valence-electron chi connectivity index (χ4n) is 10.9. The Labute approximate surface area is 232 Å². The molecule has 0 aromatic carbocycles. The zero-order valence-corrected chi connectivity index (χ0v) is 23.5. The Morgan fingerprint density at radius 1 is 0.795 bits per heavy atom. The van der Waals surface area contributed by atoms with Crippen LogP contribution in [-0.4, -0.2) is 91.2 Å². The van der Waals surface area contributed by atoms with Crippen molar-refractivity contribution in [2.24, 2.45) is 59.2 Å². The highest BCUT2D eigenvalue weighted by Crippen LogP contribution is 2.60. The molecule has 16 atom stereocenters. The van der Waals surface area contributed by atoms with Crippen LogP contribution in [0.25, 0.3) is 0 Å². The quantitative estimate of drug-likeness (QED) is 0.277. The maximum Gasteiger partial charge on any atom is 0.120 e. The van der Waals surface area contributed by atoms with Crippen LogP contribution in [0.3, 0.4) is 0 Å². The van der Waals surface area contributed by atoms with E-state index < -0.39 is 60.0 Å². The third kappa shape index (κ3) is 4.73. The van der Waals surface area contributed by atoms with E-state index in [1.165, 1.54) is 39.0 Å². The van der Waals surface area contributed by atoms with Crippen LogP contribution in [0, 0.1) is 59.2 Å². The van der Waals surface area contributed by atoms with E-state index in [1.807, 2.05) is 0 Å². The molecule has 1 heterocycles. The summed E-state index contributed by atoms with van der Waals surface area (Å²) in [5, 5.41) is 79.7. The van der Waals surface area contributed by atoms with Crippen LogP contribution in [0.5, 0.6) is 0 Å². The van der Waals surface area contributed by atoms with Crippen molar-refractivity contribution in [3.8, 4) is 0 Å². The van der Waals surface area contributed by atoms with Crippen molar-refractivity contribution in [1.29, 1.82) is 0 Å². The first-order valence-electron chi connectivity index (χ1n) is 16.0. The number of hydrogen-bond donors (Lipinski definition) is 7. The first-order valence-corrected chi connectivity index (χ1v) is 16.0. The molecule has 5 saturated carbocycles. The van der Waals surface area contributed by atoms with Crippen molar-refractivity contribution in [1.82, 2.24) is 0 Å². The van der Waals surface area contributed by atoms with Crippen molar-refractivity contribution >= 4 is 0 Å². The molecule has 224 valence electrons. The second-order valence-electron chi connectivity index (χ2n) is 14.6. The summed E-state index contributed by atoms with van der Waals surface area (Å²) in [6.07, 6.45) is 4.28. The van der Waals surface area contributed by atoms with Crippen LogP contribution in [0.4, 0.5) is 0 Å². The summed E-state index contributed by atoms with van der Waals surface area (Å²) in [7, 11) is 0. The summed E-state index contributed by atoms with van der Waals surface area (Å²) in [6.45, 7) is 2.84. The summed E-state index contributed by atoms with van der Waals surface area (Å²) < 4.78 is 5.72. The van der Waals surface area contributed by atoms with Crippen molar-refractivity contribution in [2.75, 3.05) is 13.2 Å². The smallest absolute Gasteiger partial charge is 0.120 e. The monoisotopic (exact) mass is 552 g/mol. The maximum absolute atomic E-state index is 12.0. The highest BCUT2D eigenvalue weighted by molar-refractivity contribution is 5.16. The SMILES string of the molecule is CC(O)C1C(O)CC2CC3CC4C(CC5CCCCC5)CC(C5CCOC5)C(O)C4C(O)C3C(O)C2(O)C1O. The van der Waals surface area contributed by atoms with E-state index in [2.05, 4.69) is 0 Å². The van der Waals surface area contributed by atoms with E-state index >= 15 is 0 Å². The second kappa shape index (κ2) is 11.1. The van der Waals surface area contributed by atoms with Crippen LogP contribution in [0.15, 0.2) is 0 Å². The van der Waals surface area contributed by atoms with Crippen molar-refractivity contribution < 1.29 is 40.5 Å². The molecule has 6 fully saturated rings. The van der Waals surface area contributed by atoms with E-state index in [-0.39, 0.29) is 36.0 Å². The van der Waals surface area contributed by atoms with Gasteiger partial charge in [-0.25, -0.2) is 0 Å². The molecule has 6 rings (SSSR count). The molecule has 8 heteroatoms. The van der Waals surface area contributed by atoms with Gasteiger partial charge in [0, 0.05) is 31.0 Å². The number of aliphatic hydroxyl groups excluding tert-OH is 6. The third-order valence-electron chi connectivity index (χ3n) is 12.8. The molecule has 16 unspecified atom stereocenters. The van der Waals surface area contributed by atoms with E-state index in [9.17, 15) is 35.7 Å². The Morgan fingerprint density at radius 3 is 2.21 bits per heavy atom. The molecule has 0 bridgehead atoms. The van der Waals surface area contributed by atoms with Gasteiger partial charge in [0.1, 0.15) is 5.60 Å². The van der Waals surface area contributed by atoms with Crippen LogP contribution >= 0.6 is 0 Å². The predicted molar refractivity (Wildman–Crippen MR) is 143 cm³/mol. The van der Waals surface area contributed by atoms with Gasteiger partial charge in [-0.05, 0) is 86.9 Å². The van der Waals surface area contributed by atoms with Crippen molar-refractivity contribution in [3.05, 3.63) is 0 Å². The fourth-order valence-corrected chi connectivity index (χ4v) is 10.9. The molecule has 7 N–H and O–H groups in total. The van der Waals surface area contributed by atoms with Crippen LogP contribution in [0.1, 0.15) is 77.6 Å².